The average Bonchev–Trinajstić information content (AvgIpc) is 2.47. The van der Waals surface area contributed by atoms with Gasteiger partial charge in [0, 0.05) is 13.0 Å². The van der Waals surface area contributed by atoms with E-state index in [1.165, 1.54) is 0 Å². The minimum atomic E-state index is -0.592. The van der Waals surface area contributed by atoms with Crippen molar-refractivity contribution >= 4 is 0 Å². The molecule has 1 rings (SSSR count). The first-order valence-electron chi connectivity index (χ1n) is 4.35. The normalized spacial score (nSPS) is 12.5. The first kappa shape index (κ1) is 9.82. The van der Waals surface area contributed by atoms with Gasteiger partial charge in [0.2, 0.25) is 0 Å². The zero-order valence-corrected chi connectivity index (χ0v) is 7.99. The third kappa shape index (κ3) is 2.10. The van der Waals surface area contributed by atoms with Gasteiger partial charge in [-0.25, -0.2) is 0 Å². The summed E-state index contributed by atoms with van der Waals surface area (Å²) in [6, 6.07) is 1.87. The zero-order chi connectivity index (χ0) is 9.84. The van der Waals surface area contributed by atoms with Crippen molar-refractivity contribution in [2.45, 2.75) is 32.9 Å². The van der Waals surface area contributed by atoms with Crippen molar-refractivity contribution in [1.82, 2.24) is 9.78 Å². The minimum absolute atomic E-state index is 0.338. The standard InChI is InChI=1S/C10H14N2O/c1-4-6-10(13)9-7-8(3)11-12(9)5-2/h1,7,10,13H,5-6H2,2-3H3. The Hall–Kier alpha value is -1.27. The highest BCUT2D eigenvalue weighted by atomic mass is 16.3. The van der Waals surface area contributed by atoms with Crippen LogP contribution in [0.25, 0.3) is 0 Å². The van der Waals surface area contributed by atoms with Crippen molar-refractivity contribution < 1.29 is 5.11 Å². The summed E-state index contributed by atoms with van der Waals surface area (Å²) in [6.45, 7) is 4.64. The molecule has 0 aliphatic rings. The number of aliphatic hydroxyl groups excluding tert-OH is 1. The first-order chi connectivity index (χ1) is 6.19. The summed E-state index contributed by atoms with van der Waals surface area (Å²) in [6.07, 6.45) is 4.87. The lowest BCUT2D eigenvalue weighted by Crippen LogP contribution is -2.07. The second-order valence-electron chi connectivity index (χ2n) is 2.95. The molecule has 0 amide bonds. The molecule has 0 fully saturated rings. The Bertz CT molecular complexity index is 322. The molecule has 1 unspecified atom stereocenters. The molecular weight excluding hydrogens is 164 g/mol. The number of terminal acetylenes is 1. The van der Waals surface area contributed by atoms with Crippen molar-refractivity contribution in [3.8, 4) is 12.3 Å². The van der Waals surface area contributed by atoms with E-state index in [1.807, 2.05) is 19.9 Å². The molecule has 1 atom stereocenters. The number of aliphatic hydroxyl groups is 1. The molecular formula is C10H14N2O. The summed E-state index contributed by atoms with van der Waals surface area (Å²) in [5, 5.41) is 13.9. The number of nitrogens with zero attached hydrogens (tertiary/aromatic N) is 2. The van der Waals surface area contributed by atoms with Gasteiger partial charge in [-0.3, -0.25) is 4.68 Å². The highest BCUT2D eigenvalue weighted by molar-refractivity contribution is 5.13. The Labute approximate surface area is 78.4 Å². The van der Waals surface area contributed by atoms with Gasteiger partial charge in [0.25, 0.3) is 0 Å². The number of aromatic nitrogens is 2. The van der Waals surface area contributed by atoms with Gasteiger partial charge in [-0.2, -0.15) is 5.10 Å². The molecule has 13 heavy (non-hydrogen) atoms. The SMILES string of the molecule is C#CCC(O)c1cc(C)nn1CC. The summed E-state index contributed by atoms with van der Waals surface area (Å²) in [5.74, 6) is 2.44. The molecule has 0 radical (unpaired) electrons. The molecule has 3 heteroatoms. The maximum Gasteiger partial charge on any atom is 0.106 e. The van der Waals surface area contributed by atoms with Gasteiger partial charge in [0.15, 0.2) is 0 Å². The highest BCUT2D eigenvalue weighted by Crippen LogP contribution is 2.16. The minimum Gasteiger partial charge on any atom is -0.386 e. The van der Waals surface area contributed by atoms with Crippen LogP contribution in [0.15, 0.2) is 6.07 Å². The molecule has 0 saturated heterocycles. The zero-order valence-electron chi connectivity index (χ0n) is 7.99. The van der Waals surface area contributed by atoms with Crippen molar-refractivity contribution in [3.63, 3.8) is 0 Å². The molecule has 0 aromatic carbocycles. The van der Waals surface area contributed by atoms with Crippen molar-refractivity contribution in [2.75, 3.05) is 0 Å². The first-order valence-corrected chi connectivity index (χ1v) is 4.35. The summed E-state index contributed by atoms with van der Waals surface area (Å²) in [5.41, 5.74) is 1.71. The Balaban J connectivity index is 2.92. The van der Waals surface area contributed by atoms with E-state index in [2.05, 4.69) is 11.0 Å². The summed E-state index contributed by atoms with van der Waals surface area (Å²) < 4.78 is 1.78. The third-order valence-electron chi connectivity index (χ3n) is 1.89. The lowest BCUT2D eigenvalue weighted by Gasteiger charge is -2.08. The van der Waals surface area contributed by atoms with Crippen LogP contribution in [-0.2, 0) is 6.54 Å². The fourth-order valence-electron chi connectivity index (χ4n) is 1.30. The number of aryl methyl sites for hydroxylation is 2. The summed E-state index contributed by atoms with van der Waals surface area (Å²) in [7, 11) is 0. The molecule has 1 N–H and O–H groups in total. The fraction of sp³-hybridized carbons (Fsp3) is 0.500. The maximum atomic E-state index is 9.64. The third-order valence-corrected chi connectivity index (χ3v) is 1.89. The van der Waals surface area contributed by atoms with E-state index in [9.17, 15) is 5.11 Å². The maximum absolute atomic E-state index is 9.64. The van der Waals surface area contributed by atoms with Crippen LogP contribution in [0.2, 0.25) is 0 Å². The van der Waals surface area contributed by atoms with E-state index in [4.69, 9.17) is 6.42 Å². The summed E-state index contributed by atoms with van der Waals surface area (Å²) in [4.78, 5) is 0. The molecule has 70 valence electrons. The monoisotopic (exact) mass is 178 g/mol. The lowest BCUT2D eigenvalue weighted by molar-refractivity contribution is 0.172. The lowest BCUT2D eigenvalue weighted by atomic mass is 10.2. The van der Waals surface area contributed by atoms with E-state index < -0.39 is 6.10 Å². The Kier molecular flexibility index (Phi) is 3.10. The highest BCUT2D eigenvalue weighted by Gasteiger charge is 2.12. The molecule has 0 aliphatic heterocycles. The smallest absolute Gasteiger partial charge is 0.106 e. The molecule has 0 bridgehead atoms. The number of rotatable bonds is 3. The Morgan fingerprint density at radius 3 is 3.00 bits per heavy atom. The van der Waals surface area contributed by atoms with Crippen LogP contribution in [0.3, 0.4) is 0 Å². The molecule has 1 aromatic rings. The van der Waals surface area contributed by atoms with E-state index in [1.54, 1.807) is 4.68 Å². The molecule has 1 aromatic heterocycles. The van der Waals surface area contributed by atoms with Gasteiger partial charge in [-0.1, -0.05) is 0 Å². The van der Waals surface area contributed by atoms with E-state index in [0.29, 0.717) is 6.42 Å². The summed E-state index contributed by atoms with van der Waals surface area (Å²) >= 11 is 0. The van der Waals surface area contributed by atoms with Crippen molar-refractivity contribution in [2.24, 2.45) is 0 Å². The van der Waals surface area contributed by atoms with Crippen LogP contribution in [0, 0.1) is 19.3 Å². The second kappa shape index (κ2) is 4.11. The quantitative estimate of drug-likeness (QED) is 0.708. The van der Waals surface area contributed by atoms with E-state index >= 15 is 0 Å². The number of hydrogen-bond donors (Lipinski definition) is 1. The van der Waals surface area contributed by atoms with Crippen LogP contribution in [0.1, 0.15) is 30.8 Å². The van der Waals surface area contributed by atoms with Crippen LogP contribution in [0.5, 0.6) is 0 Å². The van der Waals surface area contributed by atoms with Gasteiger partial charge >= 0.3 is 0 Å². The van der Waals surface area contributed by atoms with E-state index in [-0.39, 0.29) is 0 Å². The molecule has 0 saturated carbocycles. The Morgan fingerprint density at radius 2 is 2.46 bits per heavy atom. The fourth-order valence-corrected chi connectivity index (χ4v) is 1.30. The van der Waals surface area contributed by atoms with Crippen LogP contribution in [-0.4, -0.2) is 14.9 Å². The molecule has 0 spiro atoms. The topological polar surface area (TPSA) is 38.1 Å². The van der Waals surface area contributed by atoms with Gasteiger partial charge in [0.05, 0.1) is 11.4 Å². The van der Waals surface area contributed by atoms with Gasteiger partial charge < -0.3 is 5.11 Å². The Morgan fingerprint density at radius 1 is 1.77 bits per heavy atom. The largest absolute Gasteiger partial charge is 0.386 e. The second-order valence-corrected chi connectivity index (χ2v) is 2.95. The number of hydrogen-bond acceptors (Lipinski definition) is 2. The molecule has 1 heterocycles. The molecule has 0 aliphatic carbocycles. The van der Waals surface area contributed by atoms with Crippen molar-refractivity contribution in [3.05, 3.63) is 17.5 Å². The van der Waals surface area contributed by atoms with Crippen molar-refractivity contribution in [1.29, 1.82) is 0 Å². The van der Waals surface area contributed by atoms with Crippen LogP contribution < -0.4 is 0 Å². The van der Waals surface area contributed by atoms with E-state index in [0.717, 1.165) is 17.9 Å². The predicted octanol–water partition coefficient (Wildman–Crippen LogP) is 1.27. The van der Waals surface area contributed by atoms with Crippen LogP contribution >= 0.6 is 0 Å². The van der Waals surface area contributed by atoms with Gasteiger partial charge in [0.1, 0.15) is 6.10 Å². The predicted molar refractivity (Wildman–Crippen MR) is 51.0 cm³/mol. The average molecular weight is 178 g/mol. The van der Waals surface area contributed by atoms with Gasteiger partial charge in [-0.05, 0) is 19.9 Å². The molecule has 3 nitrogen and oxygen atoms in total. The van der Waals surface area contributed by atoms with Gasteiger partial charge in [-0.15, -0.1) is 12.3 Å². The van der Waals surface area contributed by atoms with Crippen LogP contribution in [0.4, 0.5) is 0 Å².